The minimum absolute atomic E-state index is 0.101. The summed E-state index contributed by atoms with van der Waals surface area (Å²) in [5, 5.41) is 6.04. The van der Waals surface area contributed by atoms with Crippen molar-refractivity contribution in [2.45, 2.75) is 0 Å². The van der Waals surface area contributed by atoms with E-state index in [4.69, 9.17) is 23.2 Å². The summed E-state index contributed by atoms with van der Waals surface area (Å²) >= 11 is 13.3. The Morgan fingerprint density at radius 1 is 1.12 bits per heavy atom. The lowest BCUT2D eigenvalue weighted by molar-refractivity contribution is -0.117. The zero-order chi connectivity index (χ0) is 17.8. The predicted octanol–water partition coefficient (Wildman–Crippen LogP) is 2.85. The first kappa shape index (κ1) is 18.1. The first-order chi connectivity index (χ1) is 12.0. The van der Waals surface area contributed by atoms with Gasteiger partial charge in [0.2, 0.25) is 5.91 Å². The molecule has 6 nitrogen and oxygen atoms in total. The number of benzene rings is 1. The van der Waals surface area contributed by atoms with Gasteiger partial charge in [0.1, 0.15) is 0 Å². The van der Waals surface area contributed by atoms with Crippen LogP contribution in [0.2, 0.25) is 10.0 Å². The van der Waals surface area contributed by atoms with E-state index in [0.717, 1.165) is 0 Å². The summed E-state index contributed by atoms with van der Waals surface area (Å²) in [7, 11) is 0. The summed E-state index contributed by atoms with van der Waals surface area (Å²) < 4.78 is 0. The number of amides is 2. The Labute approximate surface area is 159 Å². The first-order valence-corrected chi connectivity index (χ1v) is 9.32. The Hall–Kier alpha value is -1.67. The van der Waals surface area contributed by atoms with Crippen LogP contribution >= 0.6 is 34.5 Å². The molecule has 2 aromatic rings. The Morgan fingerprint density at radius 2 is 1.80 bits per heavy atom. The largest absolute Gasteiger partial charge is 0.336 e. The van der Waals surface area contributed by atoms with E-state index in [-0.39, 0.29) is 18.4 Å². The van der Waals surface area contributed by atoms with Gasteiger partial charge in [0.25, 0.3) is 5.91 Å². The van der Waals surface area contributed by atoms with E-state index in [1.54, 1.807) is 29.3 Å². The highest BCUT2D eigenvalue weighted by Crippen LogP contribution is 2.20. The summed E-state index contributed by atoms with van der Waals surface area (Å²) in [6, 6.07) is 4.83. The normalized spacial score (nSPS) is 15.2. The smallest absolute Gasteiger partial charge is 0.254 e. The minimum Gasteiger partial charge on any atom is -0.336 e. The van der Waals surface area contributed by atoms with Gasteiger partial charge in [0.05, 0.1) is 6.54 Å². The van der Waals surface area contributed by atoms with E-state index in [0.29, 0.717) is 46.9 Å². The topological polar surface area (TPSA) is 65.5 Å². The van der Waals surface area contributed by atoms with E-state index in [1.165, 1.54) is 11.3 Å². The van der Waals surface area contributed by atoms with Crippen molar-refractivity contribution >= 4 is 51.5 Å². The molecule has 0 atom stereocenters. The standard InChI is InChI=1S/C16H16Cl2N4O2S/c17-12-7-11(8-13(18)9-12)15(24)22-4-2-21(3-5-22)10-14(23)20-16-19-1-6-25-16/h1,6-9H,2-5,10H2,(H,19,20,23). The maximum Gasteiger partial charge on any atom is 0.254 e. The Balaban J connectivity index is 1.51. The molecule has 0 unspecified atom stereocenters. The summed E-state index contributed by atoms with van der Waals surface area (Å²) in [6.45, 7) is 2.64. The van der Waals surface area contributed by atoms with Crippen molar-refractivity contribution in [1.82, 2.24) is 14.8 Å². The van der Waals surface area contributed by atoms with Gasteiger partial charge < -0.3 is 10.2 Å². The molecule has 1 aliphatic rings. The molecule has 0 radical (unpaired) electrons. The van der Waals surface area contributed by atoms with Crippen molar-refractivity contribution in [2.75, 3.05) is 38.0 Å². The molecule has 0 aliphatic carbocycles. The molecule has 1 aromatic heterocycles. The van der Waals surface area contributed by atoms with Crippen molar-refractivity contribution in [3.05, 3.63) is 45.4 Å². The van der Waals surface area contributed by atoms with E-state index in [2.05, 4.69) is 10.3 Å². The molecule has 132 valence electrons. The van der Waals surface area contributed by atoms with Crippen molar-refractivity contribution in [3.8, 4) is 0 Å². The second-order valence-corrected chi connectivity index (χ2v) is 7.38. The third-order valence-electron chi connectivity index (χ3n) is 3.81. The number of hydrogen-bond donors (Lipinski definition) is 1. The number of aromatic nitrogens is 1. The molecular formula is C16H16Cl2N4O2S. The number of piperazine rings is 1. The van der Waals surface area contributed by atoms with Crippen molar-refractivity contribution in [3.63, 3.8) is 0 Å². The number of nitrogens with zero attached hydrogens (tertiary/aromatic N) is 3. The zero-order valence-corrected chi connectivity index (χ0v) is 15.6. The van der Waals surface area contributed by atoms with Crippen LogP contribution in [0.25, 0.3) is 0 Å². The van der Waals surface area contributed by atoms with Gasteiger partial charge in [-0.3, -0.25) is 14.5 Å². The van der Waals surface area contributed by atoms with Gasteiger partial charge in [0.15, 0.2) is 5.13 Å². The van der Waals surface area contributed by atoms with Crippen LogP contribution < -0.4 is 5.32 Å². The van der Waals surface area contributed by atoms with Crippen LogP contribution in [-0.4, -0.2) is 59.3 Å². The zero-order valence-electron chi connectivity index (χ0n) is 13.2. The van der Waals surface area contributed by atoms with E-state index in [1.807, 2.05) is 10.3 Å². The van der Waals surface area contributed by atoms with Crippen LogP contribution in [0, 0.1) is 0 Å². The lowest BCUT2D eigenvalue weighted by Crippen LogP contribution is -2.50. The monoisotopic (exact) mass is 398 g/mol. The molecule has 1 N–H and O–H groups in total. The number of rotatable bonds is 4. The molecule has 1 fully saturated rings. The van der Waals surface area contributed by atoms with E-state index in [9.17, 15) is 9.59 Å². The third-order valence-corrected chi connectivity index (χ3v) is 4.94. The van der Waals surface area contributed by atoms with Crippen LogP contribution in [-0.2, 0) is 4.79 Å². The fraction of sp³-hybridized carbons (Fsp3) is 0.312. The van der Waals surface area contributed by atoms with Crippen molar-refractivity contribution in [2.24, 2.45) is 0 Å². The first-order valence-electron chi connectivity index (χ1n) is 7.68. The highest BCUT2D eigenvalue weighted by molar-refractivity contribution is 7.13. The second kappa shape index (κ2) is 8.14. The Morgan fingerprint density at radius 3 is 2.40 bits per heavy atom. The summed E-state index contributed by atoms with van der Waals surface area (Å²) in [6.07, 6.45) is 1.65. The van der Waals surface area contributed by atoms with Gasteiger partial charge in [-0.15, -0.1) is 11.3 Å². The van der Waals surface area contributed by atoms with E-state index < -0.39 is 0 Å². The van der Waals surface area contributed by atoms with Crippen molar-refractivity contribution in [1.29, 1.82) is 0 Å². The lowest BCUT2D eigenvalue weighted by atomic mass is 10.2. The molecule has 2 heterocycles. The van der Waals surface area contributed by atoms with Gasteiger partial charge in [-0.2, -0.15) is 0 Å². The maximum atomic E-state index is 12.5. The summed E-state index contributed by atoms with van der Waals surface area (Å²) in [5.74, 6) is -0.201. The van der Waals surface area contributed by atoms with Crippen LogP contribution in [0.5, 0.6) is 0 Å². The van der Waals surface area contributed by atoms with Crippen LogP contribution in [0.3, 0.4) is 0 Å². The lowest BCUT2D eigenvalue weighted by Gasteiger charge is -2.34. The number of halogens is 2. The number of carbonyl (C=O) groups excluding carboxylic acids is 2. The number of nitrogens with one attached hydrogen (secondary N) is 1. The fourth-order valence-electron chi connectivity index (χ4n) is 2.62. The molecule has 0 bridgehead atoms. The second-order valence-electron chi connectivity index (χ2n) is 5.61. The van der Waals surface area contributed by atoms with Crippen LogP contribution in [0.15, 0.2) is 29.8 Å². The fourth-order valence-corrected chi connectivity index (χ4v) is 3.69. The molecule has 1 aliphatic heterocycles. The maximum absolute atomic E-state index is 12.5. The highest BCUT2D eigenvalue weighted by Gasteiger charge is 2.23. The molecule has 1 saturated heterocycles. The predicted molar refractivity (Wildman–Crippen MR) is 99.5 cm³/mol. The van der Waals surface area contributed by atoms with Crippen LogP contribution in [0.1, 0.15) is 10.4 Å². The van der Waals surface area contributed by atoms with Crippen molar-refractivity contribution < 1.29 is 9.59 Å². The van der Waals surface area contributed by atoms with Gasteiger partial charge >= 0.3 is 0 Å². The quantitative estimate of drug-likeness (QED) is 0.859. The van der Waals surface area contributed by atoms with Gasteiger partial charge in [-0.1, -0.05) is 23.2 Å². The Kier molecular flexibility index (Phi) is 5.90. The molecule has 25 heavy (non-hydrogen) atoms. The molecule has 1 aromatic carbocycles. The molecule has 0 spiro atoms. The summed E-state index contributed by atoms with van der Waals surface area (Å²) in [5.41, 5.74) is 0.479. The minimum atomic E-state index is -0.101. The van der Waals surface area contributed by atoms with Gasteiger partial charge in [-0.25, -0.2) is 4.98 Å². The number of thiazole rings is 1. The SMILES string of the molecule is O=C(CN1CCN(C(=O)c2cc(Cl)cc(Cl)c2)CC1)Nc1nccs1. The van der Waals surface area contributed by atoms with Gasteiger partial charge in [0, 0.05) is 53.4 Å². The Bertz CT molecular complexity index is 741. The summed E-state index contributed by atoms with van der Waals surface area (Å²) in [4.78, 5) is 32.3. The number of hydrogen-bond acceptors (Lipinski definition) is 5. The van der Waals surface area contributed by atoms with E-state index >= 15 is 0 Å². The molecule has 9 heteroatoms. The number of carbonyl (C=O) groups is 2. The average Bonchev–Trinajstić information content (AvgIpc) is 3.07. The molecule has 3 rings (SSSR count). The molecule has 0 saturated carbocycles. The number of anilines is 1. The third kappa shape index (κ3) is 4.92. The molecule has 2 amide bonds. The molecular weight excluding hydrogens is 383 g/mol. The van der Waals surface area contributed by atoms with Crippen LogP contribution in [0.4, 0.5) is 5.13 Å². The average molecular weight is 399 g/mol. The highest BCUT2D eigenvalue weighted by atomic mass is 35.5. The van der Waals surface area contributed by atoms with Gasteiger partial charge in [-0.05, 0) is 18.2 Å².